The summed E-state index contributed by atoms with van der Waals surface area (Å²) in [4.78, 5) is 0. The first kappa shape index (κ1) is 15.4. The van der Waals surface area contributed by atoms with Crippen molar-refractivity contribution in [2.75, 3.05) is 0 Å². The first-order valence-corrected chi connectivity index (χ1v) is 9.42. The average molecular weight is 525 g/mol. The second-order valence-electron chi connectivity index (χ2n) is 5.48. The van der Waals surface area contributed by atoms with Gasteiger partial charge in [0.15, 0.2) is 0 Å². The molecule has 1 heterocycles. The molecule has 0 aliphatic rings. The Morgan fingerprint density at radius 2 is 1.26 bits per heavy atom. The van der Waals surface area contributed by atoms with Gasteiger partial charge in [0.05, 0.1) is 17.6 Å². The maximum atomic E-state index is 9.26. The zero-order chi connectivity index (χ0) is 16.0. The van der Waals surface area contributed by atoms with Crippen LogP contribution in [-0.2, 0) is 6.61 Å². The van der Waals surface area contributed by atoms with Crippen LogP contribution in [0.3, 0.4) is 0 Å². The van der Waals surface area contributed by atoms with Gasteiger partial charge in [-0.15, -0.1) is 0 Å². The van der Waals surface area contributed by atoms with Gasteiger partial charge in [0, 0.05) is 23.6 Å². The Hall–Kier alpha value is -1.12. The van der Waals surface area contributed by atoms with Crippen LogP contribution >= 0.6 is 45.2 Å². The average Bonchev–Trinajstić information content (AvgIpc) is 2.88. The van der Waals surface area contributed by atoms with Crippen molar-refractivity contribution in [1.29, 1.82) is 0 Å². The van der Waals surface area contributed by atoms with Gasteiger partial charge < -0.3 is 9.67 Å². The van der Waals surface area contributed by atoms with Crippen molar-refractivity contribution in [3.63, 3.8) is 0 Å². The molecule has 1 aromatic heterocycles. The van der Waals surface area contributed by atoms with Crippen molar-refractivity contribution in [3.8, 4) is 5.69 Å². The highest BCUT2D eigenvalue weighted by Crippen LogP contribution is 2.33. The van der Waals surface area contributed by atoms with Crippen molar-refractivity contribution in [3.05, 3.63) is 73.4 Å². The van der Waals surface area contributed by atoms with Crippen molar-refractivity contribution in [1.82, 2.24) is 4.57 Å². The van der Waals surface area contributed by atoms with E-state index in [0.29, 0.717) is 0 Å². The molecule has 0 amide bonds. The van der Waals surface area contributed by atoms with E-state index >= 15 is 0 Å². The van der Waals surface area contributed by atoms with Gasteiger partial charge in [0.2, 0.25) is 0 Å². The van der Waals surface area contributed by atoms with E-state index in [0.717, 1.165) is 11.3 Å². The van der Waals surface area contributed by atoms with Crippen molar-refractivity contribution < 1.29 is 5.11 Å². The minimum atomic E-state index is 0.0733. The van der Waals surface area contributed by atoms with E-state index in [1.54, 1.807) is 0 Å². The van der Waals surface area contributed by atoms with E-state index in [-0.39, 0.29) is 6.61 Å². The lowest BCUT2D eigenvalue weighted by Gasteiger charge is -2.08. The summed E-state index contributed by atoms with van der Waals surface area (Å²) < 4.78 is 4.77. The molecule has 0 saturated carbocycles. The third-order valence-electron chi connectivity index (χ3n) is 4.07. The second kappa shape index (κ2) is 6.07. The molecular weight excluding hydrogens is 512 g/mol. The molecule has 4 rings (SSSR count). The van der Waals surface area contributed by atoms with Crippen LogP contribution in [0.15, 0.2) is 60.7 Å². The number of aliphatic hydroxyl groups is 1. The number of nitrogens with zero attached hydrogens (tertiary/aromatic N) is 1. The summed E-state index contributed by atoms with van der Waals surface area (Å²) in [5, 5.41) is 11.8. The Kier molecular flexibility index (Phi) is 4.07. The Balaban J connectivity index is 2.10. The molecule has 0 atom stereocenters. The standard InChI is InChI=1S/C19H13I2NO/c20-13-3-7-18-16(9-13)17-10-14(21)4-8-19(17)22(18)15-5-1-12(11-23)2-6-15/h1-10,23H,11H2. The molecule has 114 valence electrons. The highest BCUT2D eigenvalue weighted by Gasteiger charge is 2.12. The topological polar surface area (TPSA) is 25.2 Å². The predicted molar refractivity (Wildman–Crippen MR) is 112 cm³/mol. The first-order chi connectivity index (χ1) is 11.2. The maximum absolute atomic E-state index is 9.26. The monoisotopic (exact) mass is 525 g/mol. The Morgan fingerprint density at radius 3 is 1.74 bits per heavy atom. The van der Waals surface area contributed by atoms with Crippen LogP contribution in [0.4, 0.5) is 0 Å². The number of hydrogen-bond donors (Lipinski definition) is 1. The normalized spacial score (nSPS) is 11.4. The predicted octanol–water partition coefficient (Wildman–Crippen LogP) is 5.49. The summed E-state index contributed by atoms with van der Waals surface area (Å²) in [7, 11) is 0. The van der Waals surface area contributed by atoms with Crippen LogP contribution in [0.5, 0.6) is 0 Å². The summed E-state index contributed by atoms with van der Waals surface area (Å²) in [5.41, 5.74) is 4.46. The second-order valence-corrected chi connectivity index (χ2v) is 7.97. The summed E-state index contributed by atoms with van der Waals surface area (Å²) in [5.74, 6) is 0. The van der Waals surface area contributed by atoms with Crippen molar-refractivity contribution in [2.24, 2.45) is 0 Å². The number of aliphatic hydroxyl groups excluding tert-OH is 1. The lowest BCUT2D eigenvalue weighted by molar-refractivity contribution is 0.282. The number of hydrogen-bond acceptors (Lipinski definition) is 1. The zero-order valence-electron chi connectivity index (χ0n) is 12.1. The van der Waals surface area contributed by atoms with E-state index in [2.05, 4.69) is 98.3 Å². The number of rotatable bonds is 2. The Morgan fingerprint density at radius 1 is 0.739 bits per heavy atom. The van der Waals surface area contributed by atoms with Crippen LogP contribution < -0.4 is 0 Å². The van der Waals surface area contributed by atoms with Crippen molar-refractivity contribution in [2.45, 2.75) is 6.61 Å². The summed E-state index contributed by atoms with van der Waals surface area (Å²) in [6, 6.07) is 21.2. The number of aromatic nitrogens is 1. The van der Waals surface area contributed by atoms with E-state index < -0.39 is 0 Å². The molecule has 2 nitrogen and oxygen atoms in total. The van der Waals surface area contributed by atoms with E-state index in [4.69, 9.17) is 0 Å². The number of fused-ring (bicyclic) bond motifs is 3. The van der Waals surface area contributed by atoms with Crippen LogP contribution in [-0.4, -0.2) is 9.67 Å². The molecule has 0 spiro atoms. The van der Waals surface area contributed by atoms with Gasteiger partial charge in [-0.25, -0.2) is 0 Å². The minimum Gasteiger partial charge on any atom is -0.392 e. The van der Waals surface area contributed by atoms with Crippen LogP contribution in [0.1, 0.15) is 5.56 Å². The molecule has 4 heteroatoms. The fraction of sp³-hybridized carbons (Fsp3) is 0.0526. The molecule has 0 aliphatic heterocycles. The highest BCUT2D eigenvalue weighted by atomic mass is 127. The van der Waals surface area contributed by atoms with E-state index in [9.17, 15) is 5.11 Å². The molecule has 23 heavy (non-hydrogen) atoms. The van der Waals surface area contributed by atoms with Gasteiger partial charge >= 0.3 is 0 Å². The van der Waals surface area contributed by atoms with Crippen LogP contribution in [0.2, 0.25) is 0 Å². The first-order valence-electron chi connectivity index (χ1n) is 7.27. The molecule has 4 aromatic rings. The van der Waals surface area contributed by atoms with Crippen LogP contribution in [0, 0.1) is 7.14 Å². The van der Waals surface area contributed by atoms with Gasteiger partial charge in [-0.2, -0.15) is 0 Å². The molecule has 3 aromatic carbocycles. The lowest BCUT2D eigenvalue weighted by Crippen LogP contribution is -1.94. The molecule has 0 unspecified atom stereocenters. The Bertz CT molecular complexity index is 960. The molecule has 0 saturated heterocycles. The summed E-state index contributed by atoms with van der Waals surface area (Å²) >= 11 is 4.73. The fourth-order valence-electron chi connectivity index (χ4n) is 3.00. The minimum absolute atomic E-state index is 0.0733. The largest absolute Gasteiger partial charge is 0.392 e. The van der Waals surface area contributed by atoms with Gasteiger partial charge in [0.25, 0.3) is 0 Å². The fourth-order valence-corrected chi connectivity index (χ4v) is 3.98. The smallest absolute Gasteiger partial charge is 0.0681 e. The van der Waals surface area contributed by atoms with Gasteiger partial charge in [-0.3, -0.25) is 0 Å². The summed E-state index contributed by atoms with van der Waals surface area (Å²) in [6.45, 7) is 0.0733. The van der Waals surface area contributed by atoms with Gasteiger partial charge in [0.1, 0.15) is 0 Å². The zero-order valence-corrected chi connectivity index (χ0v) is 16.4. The maximum Gasteiger partial charge on any atom is 0.0681 e. The molecule has 0 aliphatic carbocycles. The third-order valence-corrected chi connectivity index (χ3v) is 5.41. The highest BCUT2D eigenvalue weighted by molar-refractivity contribution is 14.1. The number of halogens is 2. The quantitative estimate of drug-likeness (QED) is 0.345. The molecule has 0 radical (unpaired) electrons. The SMILES string of the molecule is OCc1ccc(-n2c3ccc(I)cc3c3cc(I)ccc32)cc1. The van der Waals surface area contributed by atoms with Crippen molar-refractivity contribution >= 4 is 67.0 Å². The molecule has 0 fully saturated rings. The van der Waals surface area contributed by atoms with Crippen LogP contribution in [0.25, 0.3) is 27.5 Å². The molecule has 0 bridgehead atoms. The lowest BCUT2D eigenvalue weighted by atomic mass is 10.2. The Labute approximate surface area is 161 Å². The number of benzene rings is 3. The van der Waals surface area contributed by atoms with E-state index in [1.165, 1.54) is 28.9 Å². The van der Waals surface area contributed by atoms with Gasteiger partial charge in [-0.1, -0.05) is 12.1 Å². The van der Waals surface area contributed by atoms with Gasteiger partial charge in [-0.05, 0) is 99.3 Å². The summed E-state index contributed by atoms with van der Waals surface area (Å²) in [6.07, 6.45) is 0. The molecule has 1 N–H and O–H groups in total. The van der Waals surface area contributed by atoms with E-state index in [1.807, 2.05) is 12.1 Å². The molecular formula is C19H13I2NO. The third kappa shape index (κ3) is 2.66.